The fourth-order valence-corrected chi connectivity index (χ4v) is 4.95. The molecule has 6 nitrogen and oxygen atoms in total. The standard InChI is InChI=1S/C25H38N2O4/c1-7-24(5,6)19-10-12-25(13-11-19)22(29)27(23(30)26-25)14-20(28)15-31-21-17(3)9-8-16(2)18(21)4/h8-9,19-20,28H,7,10-15H2,1-6H3,(H,26,30). The Morgan fingerprint density at radius 3 is 2.42 bits per heavy atom. The van der Waals surface area contributed by atoms with Crippen molar-refractivity contribution in [1.29, 1.82) is 0 Å². The van der Waals surface area contributed by atoms with Gasteiger partial charge in [0.1, 0.15) is 24.0 Å². The molecule has 1 aromatic rings. The van der Waals surface area contributed by atoms with Crippen LogP contribution in [0.4, 0.5) is 4.79 Å². The third kappa shape index (κ3) is 4.59. The molecule has 1 aliphatic carbocycles. The number of urea groups is 1. The number of benzene rings is 1. The molecule has 1 saturated carbocycles. The zero-order valence-electron chi connectivity index (χ0n) is 19.9. The van der Waals surface area contributed by atoms with E-state index in [4.69, 9.17) is 4.74 Å². The molecule has 172 valence electrons. The first-order chi connectivity index (χ1) is 14.5. The number of aliphatic hydroxyl groups excluding tert-OH is 1. The van der Waals surface area contributed by atoms with Crippen molar-refractivity contribution >= 4 is 11.9 Å². The molecule has 2 fully saturated rings. The third-order valence-electron chi connectivity index (χ3n) is 7.79. The second kappa shape index (κ2) is 8.81. The average Bonchev–Trinajstić information content (AvgIpc) is 2.95. The lowest BCUT2D eigenvalue weighted by molar-refractivity contribution is -0.134. The van der Waals surface area contributed by atoms with Crippen molar-refractivity contribution in [2.45, 2.75) is 85.3 Å². The highest BCUT2D eigenvalue weighted by atomic mass is 16.5. The van der Waals surface area contributed by atoms with E-state index in [1.54, 1.807) is 0 Å². The Labute approximate surface area is 186 Å². The highest BCUT2D eigenvalue weighted by Gasteiger charge is 2.53. The number of aliphatic hydroxyl groups is 1. The summed E-state index contributed by atoms with van der Waals surface area (Å²) >= 11 is 0. The number of hydrogen-bond acceptors (Lipinski definition) is 4. The summed E-state index contributed by atoms with van der Waals surface area (Å²) < 4.78 is 5.87. The second-order valence-electron chi connectivity index (χ2n) is 10.2. The Bertz CT molecular complexity index is 840. The van der Waals surface area contributed by atoms with Gasteiger partial charge in [0.05, 0.1) is 6.54 Å². The van der Waals surface area contributed by atoms with Gasteiger partial charge in [0, 0.05) is 0 Å². The summed E-state index contributed by atoms with van der Waals surface area (Å²) in [6.07, 6.45) is 3.34. The quantitative estimate of drug-likeness (QED) is 0.633. The van der Waals surface area contributed by atoms with Crippen LogP contribution < -0.4 is 10.1 Å². The predicted molar refractivity (Wildman–Crippen MR) is 121 cm³/mol. The lowest BCUT2D eigenvalue weighted by Crippen LogP contribution is -2.51. The van der Waals surface area contributed by atoms with Gasteiger partial charge in [0.25, 0.3) is 5.91 Å². The average molecular weight is 431 g/mol. The molecule has 0 bridgehead atoms. The monoisotopic (exact) mass is 430 g/mol. The fraction of sp³-hybridized carbons (Fsp3) is 0.680. The number of aryl methyl sites for hydroxylation is 2. The predicted octanol–water partition coefficient (Wildman–Crippen LogP) is 4.27. The highest BCUT2D eigenvalue weighted by molar-refractivity contribution is 6.07. The Balaban J connectivity index is 1.60. The van der Waals surface area contributed by atoms with Gasteiger partial charge in [-0.2, -0.15) is 0 Å². The number of nitrogens with zero attached hydrogens (tertiary/aromatic N) is 1. The second-order valence-corrected chi connectivity index (χ2v) is 10.2. The highest BCUT2D eigenvalue weighted by Crippen LogP contribution is 2.45. The lowest BCUT2D eigenvalue weighted by atomic mass is 9.65. The number of β-amino-alcohol motifs (C(OH)–C–C–N with tert-alkyl or cyclic N) is 1. The van der Waals surface area contributed by atoms with E-state index >= 15 is 0 Å². The van der Waals surface area contributed by atoms with E-state index in [0.29, 0.717) is 18.8 Å². The van der Waals surface area contributed by atoms with E-state index in [1.807, 2.05) is 32.9 Å². The molecule has 1 spiro atoms. The van der Waals surface area contributed by atoms with Crippen LogP contribution in [0.15, 0.2) is 12.1 Å². The molecule has 1 saturated heterocycles. The van der Waals surface area contributed by atoms with Crippen molar-refractivity contribution in [2.75, 3.05) is 13.2 Å². The Morgan fingerprint density at radius 1 is 1.19 bits per heavy atom. The molecule has 3 rings (SSSR count). The smallest absolute Gasteiger partial charge is 0.325 e. The van der Waals surface area contributed by atoms with Crippen molar-refractivity contribution in [3.63, 3.8) is 0 Å². The van der Waals surface area contributed by atoms with Crippen LogP contribution in [0.5, 0.6) is 5.75 Å². The molecule has 1 atom stereocenters. The summed E-state index contributed by atoms with van der Waals surface area (Å²) in [5.41, 5.74) is 2.59. The Hall–Kier alpha value is -2.08. The zero-order chi connectivity index (χ0) is 23.0. The van der Waals surface area contributed by atoms with Crippen molar-refractivity contribution < 1.29 is 19.4 Å². The van der Waals surface area contributed by atoms with Crippen LogP contribution in [-0.2, 0) is 4.79 Å². The Morgan fingerprint density at radius 2 is 1.81 bits per heavy atom. The van der Waals surface area contributed by atoms with Gasteiger partial charge in [0.2, 0.25) is 0 Å². The van der Waals surface area contributed by atoms with Crippen molar-refractivity contribution in [3.8, 4) is 5.75 Å². The molecular formula is C25H38N2O4. The fourth-order valence-electron chi connectivity index (χ4n) is 4.95. The number of rotatable bonds is 7. The molecule has 0 radical (unpaired) electrons. The molecule has 1 aromatic carbocycles. The number of ether oxygens (including phenoxy) is 1. The summed E-state index contributed by atoms with van der Waals surface area (Å²) in [7, 11) is 0. The number of carbonyl (C=O) groups is 2. The molecule has 1 aliphatic heterocycles. The minimum Gasteiger partial charge on any atom is -0.490 e. The van der Waals surface area contributed by atoms with Crippen LogP contribution in [-0.4, -0.2) is 46.7 Å². The Kier molecular flexibility index (Phi) is 6.70. The van der Waals surface area contributed by atoms with Crippen LogP contribution in [0, 0.1) is 32.1 Å². The van der Waals surface area contributed by atoms with Gasteiger partial charge >= 0.3 is 6.03 Å². The topological polar surface area (TPSA) is 78.9 Å². The summed E-state index contributed by atoms with van der Waals surface area (Å²) in [4.78, 5) is 26.9. The number of carbonyl (C=O) groups excluding carboxylic acids is 2. The third-order valence-corrected chi connectivity index (χ3v) is 7.79. The lowest BCUT2D eigenvalue weighted by Gasteiger charge is -2.42. The first-order valence-electron chi connectivity index (χ1n) is 11.5. The van der Waals surface area contributed by atoms with Crippen LogP contribution in [0.1, 0.15) is 69.6 Å². The first kappa shape index (κ1) is 23.6. The molecule has 2 aliphatic rings. The summed E-state index contributed by atoms with van der Waals surface area (Å²) in [5.74, 6) is 1.11. The van der Waals surface area contributed by atoms with E-state index in [9.17, 15) is 14.7 Å². The molecule has 0 aromatic heterocycles. The van der Waals surface area contributed by atoms with Gasteiger partial charge in [-0.15, -0.1) is 0 Å². The number of nitrogens with one attached hydrogen (secondary N) is 1. The number of imide groups is 1. The van der Waals surface area contributed by atoms with Crippen LogP contribution in [0.3, 0.4) is 0 Å². The normalized spacial score (nSPS) is 25.1. The molecule has 1 unspecified atom stereocenters. The van der Waals surface area contributed by atoms with Crippen LogP contribution >= 0.6 is 0 Å². The van der Waals surface area contributed by atoms with Crippen molar-refractivity contribution in [3.05, 3.63) is 28.8 Å². The molecule has 1 heterocycles. The molecular weight excluding hydrogens is 392 g/mol. The van der Waals surface area contributed by atoms with E-state index in [0.717, 1.165) is 41.7 Å². The number of hydrogen-bond donors (Lipinski definition) is 2. The van der Waals surface area contributed by atoms with Gasteiger partial charge < -0.3 is 15.2 Å². The summed E-state index contributed by atoms with van der Waals surface area (Å²) in [6.45, 7) is 12.7. The van der Waals surface area contributed by atoms with E-state index < -0.39 is 17.7 Å². The minimum atomic E-state index is -0.945. The van der Waals surface area contributed by atoms with Gasteiger partial charge in [-0.25, -0.2) is 4.79 Å². The van der Waals surface area contributed by atoms with Gasteiger partial charge in [-0.05, 0) is 74.5 Å². The van der Waals surface area contributed by atoms with E-state index in [1.165, 1.54) is 4.90 Å². The van der Waals surface area contributed by atoms with Crippen molar-refractivity contribution in [1.82, 2.24) is 10.2 Å². The van der Waals surface area contributed by atoms with Crippen LogP contribution in [0.25, 0.3) is 0 Å². The van der Waals surface area contributed by atoms with E-state index in [-0.39, 0.29) is 24.5 Å². The molecule has 6 heteroatoms. The largest absolute Gasteiger partial charge is 0.490 e. The van der Waals surface area contributed by atoms with Gasteiger partial charge in [-0.1, -0.05) is 39.3 Å². The maximum atomic E-state index is 13.2. The SMILES string of the molecule is CCC(C)(C)C1CCC2(CC1)NC(=O)N(CC(O)COc1c(C)ccc(C)c1C)C2=O. The maximum absolute atomic E-state index is 13.2. The zero-order valence-corrected chi connectivity index (χ0v) is 19.9. The maximum Gasteiger partial charge on any atom is 0.325 e. The first-order valence-corrected chi connectivity index (χ1v) is 11.5. The van der Waals surface area contributed by atoms with Crippen molar-refractivity contribution in [2.24, 2.45) is 11.3 Å². The summed E-state index contributed by atoms with van der Waals surface area (Å²) in [6, 6.07) is 3.62. The molecule has 31 heavy (non-hydrogen) atoms. The van der Waals surface area contributed by atoms with Gasteiger partial charge in [-0.3, -0.25) is 9.69 Å². The minimum absolute atomic E-state index is 0.0297. The molecule has 2 N–H and O–H groups in total. The van der Waals surface area contributed by atoms with Gasteiger partial charge in [0.15, 0.2) is 0 Å². The van der Waals surface area contributed by atoms with E-state index in [2.05, 4.69) is 26.1 Å². The summed E-state index contributed by atoms with van der Waals surface area (Å²) in [5, 5.41) is 13.5. The molecule has 3 amide bonds. The van der Waals surface area contributed by atoms with Crippen LogP contribution in [0.2, 0.25) is 0 Å². The number of amides is 3.